The summed E-state index contributed by atoms with van der Waals surface area (Å²) in [7, 11) is 0. The Kier molecular flexibility index (Phi) is 8.68. The van der Waals surface area contributed by atoms with E-state index in [0.29, 0.717) is 5.92 Å². The number of thioether (sulfide) groups is 1. The average molecular weight is 455 g/mol. The van der Waals surface area contributed by atoms with E-state index in [9.17, 15) is 9.59 Å². The van der Waals surface area contributed by atoms with Gasteiger partial charge in [0.05, 0.1) is 17.5 Å². The maximum Gasteiger partial charge on any atom is 0.234 e. The Morgan fingerprint density at radius 2 is 1.92 bits per heavy atom. The van der Waals surface area contributed by atoms with Crippen molar-refractivity contribution in [3.63, 3.8) is 0 Å². The Labute approximate surface area is 171 Å². The normalized spacial score (nSPS) is 12.0. The van der Waals surface area contributed by atoms with E-state index in [1.165, 1.54) is 16.6 Å². The fraction of sp³-hybridized carbons (Fsp3) is 0.368. The lowest BCUT2D eigenvalue weighted by molar-refractivity contribution is -0.119. The van der Waals surface area contributed by atoms with Gasteiger partial charge in [-0.25, -0.2) is 0 Å². The van der Waals surface area contributed by atoms with Crippen LogP contribution in [0.4, 0.5) is 5.69 Å². The Bertz CT molecular complexity index is 720. The molecule has 1 unspecified atom stereocenters. The molecule has 1 atom stereocenters. The van der Waals surface area contributed by atoms with E-state index < -0.39 is 0 Å². The van der Waals surface area contributed by atoms with Gasteiger partial charge in [0, 0.05) is 15.0 Å². The maximum atomic E-state index is 12.2. The van der Waals surface area contributed by atoms with Crippen LogP contribution >= 0.6 is 39.0 Å². The number of carbonyl (C=O) groups excluding carboxylic acids is 2. The molecule has 0 radical (unpaired) electrons. The van der Waals surface area contributed by atoms with Gasteiger partial charge in [0.15, 0.2) is 0 Å². The highest BCUT2D eigenvalue weighted by atomic mass is 79.9. The zero-order chi connectivity index (χ0) is 18.9. The van der Waals surface area contributed by atoms with Crippen molar-refractivity contribution in [1.82, 2.24) is 5.32 Å². The largest absolute Gasteiger partial charge is 0.348 e. The number of hydrogen-bond acceptors (Lipinski definition) is 4. The quantitative estimate of drug-likeness (QED) is 0.554. The summed E-state index contributed by atoms with van der Waals surface area (Å²) in [6.07, 6.45) is 0.903. The minimum Gasteiger partial charge on any atom is -0.348 e. The molecule has 4 nitrogen and oxygen atoms in total. The monoisotopic (exact) mass is 454 g/mol. The molecule has 2 N–H and O–H groups in total. The Morgan fingerprint density at radius 1 is 1.15 bits per heavy atom. The van der Waals surface area contributed by atoms with Crippen LogP contribution in [-0.4, -0.2) is 23.3 Å². The first-order valence-corrected chi connectivity index (χ1v) is 11.2. The Morgan fingerprint density at radius 3 is 2.58 bits per heavy atom. The number of rotatable bonds is 9. The number of benzene rings is 1. The van der Waals surface area contributed by atoms with E-state index in [4.69, 9.17) is 0 Å². The third kappa shape index (κ3) is 7.51. The molecule has 0 spiro atoms. The molecule has 0 saturated heterocycles. The van der Waals surface area contributed by atoms with Crippen LogP contribution in [0.15, 0.2) is 46.3 Å². The zero-order valence-corrected chi connectivity index (χ0v) is 18.0. The van der Waals surface area contributed by atoms with Crippen molar-refractivity contribution >= 4 is 56.5 Å². The molecule has 140 valence electrons. The van der Waals surface area contributed by atoms with E-state index >= 15 is 0 Å². The van der Waals surface area contributed by atoms with E-state index in [0.717, 1.165) is 16.6 Å². The third-order valence-electron chi connectivity index (χ3n) is 3.50. The summed E-state index contributed by atoms with van der Waals surface area (Å²) in [4.78, 5) is 25.4. The molecule has 2 rings (SSSR count). The van der Waals surface area contributed by atoms with Crippen LogP contribution in [0.3, 0.4) is 0 Å². The standard InChI is InChI=1S/C19H23BrN2O2S2/c1-13(2)9-16(17-7-4-8-26-17)22-19(24)12-25-11-18(23)21-15-6-3-5-14(20)10-15/h3-8,10,13,16H,9,11-12H2,1-2H3,(H,21,23)(H,22,24). The number of nitrogens with one attached hydrogen (secondary N) is 2. The first kappa shape index (κ1) is 21.0. The van der Waals surface area contributed by atoms with Crippen molar-refractivity contribution in [2.75, 3.05) is 16.8 Å². The summed E-state index contributed by atoms with van der Waals surface area (Å²) in [5, 5.41) is 7.94. The fourth-order valence-corrected chi connectivity index (χ4v) is 4.26. The van der Waals surface area contributed by atoms with Gasteiger partial charge >= 0.3 is 0 Å². The van der Waals surface area contributed by atoms with Crippen LogP contribution in [0.2, 0.25) is 0 Å². The molecule has 0 aliphatic heterocycles. The minimum absolute atomic E-state index is 0.0377. The maximum absolute atomic E-state index is 12.2. The lowest BCUT2D eigenvalue weighted by Gasteiger charge is -2.19. The number of carbonyl (C=O) groups is 2. The summed E-state index contributed by atoms with van der Waals surface area (Å²) < 4.78 is 0.909. The lowest BCUT2D eigenvalue weighted by atomic mass is 10.0. The molecule has 0 saturated carbocycles. The van der Waals surface area contributed by atoms with Crippen LogP contribution in [-0.2, 0) is 9.59 Å². The van der Waals surface area contributed by atoms with Gasteiger partial charge in [0.25, 0.3) is 0 Å². The summed E-state index contributed by atoms with van der Waals surface area (Å²) in [5.74, 6) is 0.854. The molecular weight excluding hydrogens is 432 g/mol. The smallest absolute Gasteiger partial charge is 0.234 e. The molecule has 0 bridgehead atoms. The van der Waals surface area contributed by atoms with Crippen LogP contribution in [0, 0.1) is 5.92 Å². The highest BCUT2D eigenvalue weighted by Crippen LogP contribution is 2.25. The van der Waals surface area contributed by atoms with Gasteiger partial charge in [-0.05, 0) is 42.0 Å². The topological polar surface area (TPSA) is 58.2 Å². The van der Waals surface area contributed by atoms with Gasteiger partial charge in [-0.3, -0.25) is 9.59 Å². The van der Waals surface area contributed by atoms with Crippen molar-refractivity contribution in [2.24, 2.45) is 5.92 Å². The summed E-state index contributed by atoms with van der Waals surface area (Å²) >= 11 is 6.35. The van der Waals surface area contributed by atoms with Crippen molar-refractivity contribution in [2.45, 2.75) is 26.3 Å². The molecule has 26 heavy (non-hydrogen) atoms. The summed E-state index contributed by atoms with van der Waals surface area (Å²) in [6, 6.07) is 11.5. The van der Waals surface area contributed by atoms with Gasteiger partial charge in [0.2, 0.25) is 11.8 Å². The van der Waals surface area contributed by atoms with E-state index in [1.807, 2.05) is 35.7 Å². The number of thiophene rings is 1. The molecule has 2 aromatic rings. The number of halogens is 1. The van der Waals surface area contributed by atoms with Crippen LogP contribution in [0.1, 0.15) is 31.2 Å². The van der Waals surface area contributed by atoms with Crippen molar-refractivity contribution < 1.29 is 9.59 Å². The second-order valence-corrected chi connectivity index (χ2v) is 9.20. The second-order valence-electron chi connectivity index (χ2n) is 6.32. The molecule has 7 heteroatoms. The van der Waals surface area contributed by atoms with Crippen LogP contribution in [0.5, 0.6) is 0 Å². The van der Waals surface area contributed by atoms with Gasteiger partial charge in [0.1, 0.15) is 0 Å². The van der Waals surface area contributed by atoms with Crippen molar-refractivity contribution in [1.29, 1.82) is 0 Å². The minimum atomic E-state index is -0.113. The zero-order valence-electron chi connectivity index (χ0n) is 14.8. The predicted molar refractivity (Wildman–Crippen MR) is 115 cm³/mol. The molecule has 0 fully saturated rings. The summed E-state index contributed by atoms with van der Waals surface area (Å²) in [6.45, 7) is 4.29. The number of hydrogen-bond donors (Lipinski definition) is 2. The highest BCUT2D eigenvalue weighted by Gasteiger charge is 2.17. The third-order valence-corrected chi connectivity index (χ3v) is 5.92. The number of amides is 2. The molecule has 0 aliphatic carbocycles. The van der Waals surface area contributed by atoms with E-state index in [1.54, 1.807) is 11.3 Å². The first-order valence-electron chi connectivity index (χ1n) is 8.40. The van der Waals surface area contributed by atoms with Gasteiger partial charge < -0.3 is 10.6 Å². The van der Waals surface area contributed by atoms with Crippen LogP contribution in [0.25, 0.3) is 0 Å². The van der Waals surface area contributed by atoms with Gasteiger partial charge in [-0.2, -0.15) is 0 Å². The Hall–Kier alpha value is -1.31. The summed E-state index contributed by atoms with van der Waals surface area (Å²) in [5.41, 5.74) is 0.740. The molecule has 2 amide bonds. The SMILES string of the molecule is CC(C)CC(NC(=O)CSCC(=O)Nc1cccc(Br)c1)c1cccs1. The fourth-order valence-electron chi connectivity index (χ4n) is 2.44. The predicted octanol–water partition coefficient (Wildman–Crippen LogP) is 5.09. The molecule has 1 aromatic heterocycles. The van der Waals surface area contributed by atoms with Crippen molar-refractivity contribution in [3.05, 3.63) is 51.1 Å². The molecule has 1 heterocycles. The average Bonchev–Trinajstić information content (AvgIpc) is 3.08. The van der Waals surface area contributed by atoms with Crippen molar-refractivity contribution in [3.8, 4) is 0 Å². The van der Waals surface area contributed by atoms with Crippen LogP contribution < -0.4 is 10.6 Å². The Balaban J connectivity index is 1.75. The van der Waals surface area contributed by atoms with Gasteiger partial charge in [-0.15, -0.1) is 23.1 Å². The second kappa shape index (κ2) is 10.7. The van der Waals surface area contributed by atoms with E-state index in [2.05, 4.69) is 46.5 Å². The van der Waals surface area contributed by atoms with Gasteiger partial charge in [-0.1, -0.05) is 41.9 Å². The molecule has 1 aromatic carbocycles. The first-order chi connectivity index (χ1) is 12.4. The number of anilines is 1. The molecule has 0 aliphatic rings. The van der Waals surface area contributed by atoms with E-state index in [-0.39, 0.29) is 29.4 Å². The lowest BCUT2D eigenvalue weighted by Crippen LogP contribution is -2.30. The molecular formula is C19H23BrN2O2S2. The highest BCUT2D eigenvalue weighted by molar-refractivity contribution is 9.10.